The van der Waals surface area contributed by atoms with Gasteiger partial charge in [-0.1, -0.05) is 19.3 Å². The summed E-state index contributed by atoms with van der Waals surface area (Å²) in [6, 6.07) is 0. The molecule has 0 radical (unpaired) electrons. The van der Waals surface area contributed by atoms with Crippen molar-refractivity contribution in [1.82, 2.24) is 0 Å². The zero-order valence-corrected chi connectivity index (χ0v) is 7.38. The Labute approximate surface area is 69.1 Å². The van der Waals surface area contributed by atoms with Gasteiger partial charge in [0.1, 0.15) is 0 Å². The van der Waals surface area contributed by atoms with E-state index >= 15 is 0 Å². The third kappa shape index (κ3) is 3.21. The molecule has 0 heterocycles. The highest BCUT2D eigenvalue weighted by atomic mass is 16.5. The molecule has 0 saturated heterocycles. The Balaban J connectivity index is 2.13. The van der Waals surface area contributed by atoms with Gasteiger partial charge in [-0.25, -0.2) is 0 Å². The fraction of sp³-hybridized carbons (Fsp3) is 1.00. The summed E-state index contributed by atoms with van der Waals surface area (Å²) in [6.45, 7) is 2.70. The van der Waals surface area contributed by atoms with Gasteiger partial charge >= 0.3 is 0 Å². The first kappa shape index (κ1) is 9.01. The fourth-order valence-electron chi connectivity index (χ4n) is 1.59. The van der Waals surface area contributed by atoms with Crippen LogP contribution in [0.25, 0.3) is 0 Å². The summed E-state index contributed by atoms with van der Waals surface area (Å²) in [5.41, 5.74) is 5.46. The van der Waals surface area contributed by atoms with E-state index < -0.39 is 0 Å². The first-order valence-corrected chi connectivity index (χ1v) is 4.68. The van der Waals surface area contributed by atoms with Crippen LogP contribution in [0.4, 0.5) is 0 Å². The molecule has 0 bridgehead atoms. The van der Waals surface area contributed by atoms with Gasteiger partial charge in [0.05, 0.1) is 12.2 Å². The molecule has 1 saturated carbocycles. The first-order chi connectivity index (χ1) is 5.33. The molecular weight excluding hydrogens is 138 g/mol. The van der Waals surface area contributed by atoms with Crippen molar-refractivity contribution in [2.24, 2.45) is 5.73 Å². The molecule has 0 aromatic heterocycles. The van der Waals surface area contributed by atoms with Crippen LogP contribution in [0.2, 0.25) is 0 Å². The lowest BCUT2D eigenvalue weighted by Crippen LogP contribution is -2.27. The highest BCUT2D eigenvalue weighted by Gasteiger charge is 2.15. The molecule has 1 fully saturated rings. The lowest BCUT2D eigenvalue weighted by molar-refractivity contribution is -0.0162. The Bertz CT molecular complexity index is 99.7. The standard InChI is InChI=1S/C9H19NO/c1-8(7-10)11-9-5-3-2-4-6-9/h8-9H,2-7,10H2,1H3. The quantitative estimate of drug-likeness (QED) is 0.676. The normalized spacial score (nSPS) is 23.5. The molecule has 1 atom stereocenters. The molecule has 0 aromatic carbocycles. The van der Waals surface area contributed by atoms with Crippen LogP contribution in [0.3, 0.4) is 0 Å². The Kier molecular flexibility index (Phi) is 3.87. The molecule has 0 aliphatic heterocycles. The average molecular weight is 157 g/mol. The van der Waals surface area contributed by atoms with Gasteiger partial charge in [-0.3, -0.25) is 0 Å². The van der Waals surface area contributed by atoms with E-state index in [2.05, 4.69) is 6.92 Å². The minimum atomic E-state index is 0.248. The maximum Gasteiger partial charge on any atom is 0.0672 e. The van der Waals surface area contributed by atoms with Crippen molar-refractivity contribution in [3.63, 3.8) is 0 Å². The minimum Gasteiger partial charge on any atom is -0.374 e. The lowest BCUT2D eigenvalue weighted by Gasteiger charge is -2.24. The van der Waals surface area contributed by atoms with Crippen LogP contribution in [0.1, 0.15) is 39.0 Å². The number of nitrogens with two attached hydrogens (primary N) is 1. The molecule has 66 valence electrons. The third-order valence-corrected chi connectivity index (χ3v) is 2.31. The van der Waals surface area contributed by atoms with Gasteiger partial charge < -0.3 is 10.5 Å². The summed E-state index contributed by atoms with van der Waals surface area (Å²) < 4.78 is 5.72. The number of hydrogen-bond acceptors (Lipinski definition) is 2. The summed E-state index contributed by atoms with van der Waals surface area (Å²) in [4.78, 5) is 0. The summed E-state index contributed by atoms with van der Waals surface area (Å²) in [7, 11) is 0. The van der Waals surface area contributed by atoms with E-state index in [1.807, 2.05) is 0 Å². The zero-order valence-electron chi connectivity index (χ0n) is 7.38. The van der Waals surface area contributed by atoms with Crippen molar-refractivity contribution in [2.75, 3.05) is 6.54 Å². The van der Waals surface area contributed by atoms with Gasteiger partial charge in [0, 0.05) is 6.54 Å². The number of hydrogen-bond donors (Lipinski definition) is 1. The molecule has 0 amide bonds. The van der Waals surface area contributed by atoms with E-state index in [1.54, 1.807) is 0 Å². The van der Waals surface area contributed by atoms with Crippen molar-refractivity contribution in [3.8, 4) is 0 Å². The van der Waals surface area contributed by atoms with Gasteiger partial charge in [-0.05, 0) is 19.8 Å². The number of rotatable bonds is 3. The summed E-state index contributed by atoms with van der Waals surface area (Å²) in [5, 5.41) is 0. The van der Waals surface area contributed by atoms with Gasteiger partial charge in [0.2, 0.25) is 0 Å². The van der Waals surface area contributed by atoms with Crippen molar-refractivity contribution >= 4 is 0 Å². The summed E-state index contributed by atoms with van der Waals surface area (Å²) in [5.74, 6) is 0. The first-order valence-electron chi connectivity index (χ1n) is 4.68. The Morgan fingerprint density at radius 2 is 2.00 bits per heavy atom. The average Bonchev–Trinajstić information content (AvgIpc) is 2.06. The van der Waals surface area contributed by atoms with Gasteiger partial charge in [0.15, 0.2) is 0 Å². The maximum atomic E-state index is 5.72. The highest BCUT2D eigenvalue weighted by Crippen LogP contribution is 2.20. The molecule has 2 heteroatoms. The highest BCUT2D eigenvalue weighted by molar-refractivity contribution is 4.66. The SMILES string of the molecule is CC(CN)OC1CCCCC1. The second kappa shape index (κ2) is 4.73. The van der Waals surface area contributed by atoms with Crippen LogP contribution >= 0.6 is 0 Å². The summed E-state index contributed by atoms with van der Waals surface area (Å²) >= 11 is 0. The molecule has 11 heavy (non-hydrogen) atoms. The zero-order chi connectivity index (χ0) is 8.10. The second-order valence-electron chi connectivity index (χ2n) is 3.44. The van der Waals surface area contributed by atoms with E-state index in [0.717, 1.165) is 0 Å². The topological polar surface area (TPSA) is 35.2 Å². The van der Waals surface area contributed by atoms with E-state index in [0.29, 0.717) is 12.6 Å². The van der Waals surface area contributed by atoms with E-state index in [9.17, 15) is 0 Å². The molecule has 1 rings (SSSR count). The van der Waals surface area contributed by atoms with E-state index in [1.165, 1.54) is 32.1 Å². The second-order valence-corrected chi connectivity index (χ2v) is 3.44. The molecule has 1 unspecified atom stereocenters. The van der Waals surface area contributed by atoms with Crippen molar-refractivity contribution in [3.05, 3.63) is 0 Å². The van der Waals surface area contributed by atoms with Crippen molar-refractivity contribution in [2.45, 2.75) is 51.2 Å². The third-order valence-electron chi connectivity index (χ3n) is 2.31. The monoisotopic (exact) mass is 157 g/mol. The Morgan fingerprint density at radius 1 is 1.36 bits per heavy atom. The molecular formula is C9H19NO. The van der Waals surface area contributed by atoms with Crippen LogP contribution < -0.4 is 5.73 Å². The minimum absolute atomic E-state index is 0.248. The molecule has 1 aliphatic rings. The Morgan fingerprint density at radius 3 is 2.55 bits per heavy atom. The van der Waals surface area contributed by atoms with E-state index in [-0.39, 0.29) is 6.10 Å². The lowest BCUT2D eigenvalue weighted by atomic mass is 9.98. The largest absolute Gasteiger partial charge is 0.374 e. The van der Waals surface area contributed by atoms with Gasteiger partial charge in [-0.2, -0.15) is 0 Å². The molecule has 2 nitrogen and oxygen atoms in total. The molecule has 2 N–H and O–H groups in total. The molecule has 0 aromatic rings. The van der Waals surface area contributed by atoms with Crippen molar-refractivity contribution in [1.29, 1.82) is 0 Å². The fourth-order valence-corrected chi connectivity index (χ4v) is 1.59. The Hall–Kier alpha value is -0.0800. The predicted molar refractivity (Wildman–Crippen MR) is 46.5 cm³/mol. The van der Waals surface area contributed by atoms with Gasteiger partial charge in [-0.15, -0.1) is 0 Å². The van der Waals surface area contributed by atoms with Crippen molar-refractivity contribution < 1.29 is 4.74 Å². The van der Waals surface area contributed by atoms with Crippen LogP contribution in [-0.2, 0) is 4.74 Å². The van der Waals surface area contributed by atoms with Crippen LogP contribution in [0, 0.1) is 0 Å². The predicted octanol–water partition coefficient (Wildman–Crippen LogP) is 1.68. The molecule has 0 spiro atoms. The van der Waals surface area contributed by atoms with Crippen LogP contribution in [-0.4, -0.2) is 18.8 Å². The van der Waals surface area contributed by atoms with E-state index in [4.69, 9.17) is 10.5 Å². The maximum absolute atomic E-state index is 5.72. The number of ether oxygens (including phenoxy) is 1. The van der Waals surface area contributed by atoms with Crippen LogP contribution in [0.5, 0.6) is 0 Å². The van der Waals surface area contributed by atoms with Gasteiger partial charge in [0.25, 0.3) is 0 Å². The smallest absolute Gasteiger partial charge is 0.0672 e. The molecule has 1 aliphatic carbocycles. The summed E-state index contributed by atoms with van der Waals surface area (Å²) in [6.07, 6.45) is 7.29. The van der Waals surface area contributed by atoms with Crippen LogP contribution in [0.15, 0.2) is 0 Å².